The average molecular weight is 249 g/mol. The normalized spacial score (nSPS) is 18.6. The topological polar surface area (TPSA) is 41.5 Å². The van der Waals surface area contributed by atoms with Gasteiger partial charge in [-0.3, -0.25) is 0 Å². The van der Waals surface area contributed by atoms with Crippen LogP contribution in [-0.2, 0) is 0 Å². The third-order valence-corrected chi connectivity index (χ3v) is 3.71. The van der Waals surface area contributed by atoms with Crippen LogP contribution in [0.2, 0.25) is 0 Å². The molecule has 1 aliphatic rings. The molecule has 2 N–H and O–H groups in total. The first kappa shape index (κ1) is 13.4. The van der Waals surface area contributed by atoms with E-state index in [4.69, 9.17) is 4.74 Å². The van der Waals surface area contributed by atoms with E-state index in [1.807, 2.05) is 24.3 Å². The van der Waals surface area contributed by atoms with Crippen LogP contribution in [0.4, 0.5) is 0 Å². The molecule has 18 heavy (non-hydrogen) atoms. The Bertz CT molecular complexity index is 344. The molecule has 1 saturated carbocycles. The van der Waals surface area contributed by atoms with Crippen LogP contribution in [0.15, 0.2) is 24.3 Å². The monoisotopic (exact) mass is 249 g/mol. The number of nitrogens with one attached hydrogen (secondary N) is 1. The number of hydrogen-bond acceptors (Lipinski definition) is 3. The first-order chi connectivity index (χ1) is 8.79. The maximum atomic E-state index is 10.1. The molecule has 0 aliphatic heterocycles. The van der Waals surface area contributed by atoms with Crippen LogP contribution in [0.5, 0.6) is 5.75 Å². The van der Waals surface area contributed by atoms with Gasteiger partial charge in [-0.1, -0.05) is 31.4 Å². The molecule has 0 aromatic heterocycles. The van der Waals surface area contributed by atoms with Gasteiger partial charge in [-0.25, -0.2) is 0 Å². The second kappa shape index (κ2) is 6.76. The zero-order valence-electron chi connectivity index (χ0n) is 11.1. The number of hydrogen-bond donors (Lipinski definition) is 2. The standard InChI is InChI=1S/C15H23NO2/c1-18-14-9-7-12(8-10-14)15(17)11-16-13-5-3-2-4-6-13/h7-10,13,15-17H,2-6,11H2,1H3. The maximum Gasteiger partial charge on any atom is 0.118 e. The van der Waals surface area contributed by atoms with Crippen LogP contribution in [0, 0.1) is 0 Å². The highest BCUT2D eigenvalue weighted by molar-refractivity contribution is 5.28. The van der Waals surface area contributed by atoms with Gasteiger partial charge in [-0.05, 0) is 30.5 Å². The number of ether oxygens (including phenoxy) is 1. The molecule has 1 fully saturated rings. The van der Waals surface area contributed by atoms with E-state index >= 15 is 0 Å². The molecule has 2 rings (SSSR count). The van der Waals surface area contributed by atoms with Gasteiger partial charge in [0.2, 0.25) is 0 Å². The summed E-state index contributed by atoms with van der Waals surface area (Å²) in [5.41, 5.74) is 0.944. The van der Waals surface area contributed by atoms with Gasteiger partial charge in [0.05, 0.1) is 13.2 Å². The Labute approximate surface area is 109 Å². The van der Waals surface area contributed by atoms with E-state index < -0.39 is 6.10 Å². The van der Waals surface area contributed by atoms with Crippen LogP contribution >= 0.6 is 0 Å². The van der Waals surface area contributed by atoms with E-state index in [1.54, 1.807) is 7.11 Å². The SMILES string of the molecule is COc1ccc(C(O)CNC2CCCCC2)cc1. The summed E-state index contributed by atoms with van der Waals surface area (Å²) in [5.74, 6) is 0.825. The fourth-order valence-corrected chi connectivity index (χ4v) is 2.53. The number of benzene rings is 1. The lowest BCUT2D eigenvalue weighted by Crippen LogP contribution is -2.34. The molecule has 0 amide bonds. The highest BCUT2D eigenvalue weighted by Gasteiger charge is 2.15. The van der Waals surface area contributed by atoms with Crippen molar-refractivity contribution in [2.24, 2.45) is 0 Å². The van der Waals surface area contributed by atoms with E-state index in [-0.39, 0.29) is 0 Å². The van der Waals surface area contributed by atoms with Crippen LogP contribution in [0.25, 0.3) is 0 Å². The minimum Gasteiger partial charge on any atom is -0.497 e. The molecule has 3 nitrogen and oxygen atoms in total. The summed E-state index contributed by atoms with van der Waals surface area (Å²) >= 11 is 0. The van der Waals surface area contributed by atoms with E-state index in [0.29, 0.717) is 12.6 Å². The Morgan fingerprint density at radius 2 is 1.89 bits per heavy atom. The van der Waals surface area contributed by atoms with Gasteiger partial charge in [0.25, 0.3) is 0 Å². The maximum absolute atomic E-state index is 10.1. The molecule has 0 heterocycles. The van der Waals surface area contributed by atoms with Crippen molar-refractivity contribution in [1.82, 2.24) is 5.32 Å². The molecule has 0 bridgehead atoms. The van der Waals surface area contributed by atoms with E-state index in [2.05, 4.69) is 5.32 Å². The molecule has 1 aromatic carbocycles. The summed E-state index contributed by atoms with van der Waals surface area (Å²) in [6, 6.07) is 8.21. The molecule has 1 aliphatic carbocycles. The number of rotatable bonds is 5. The minimum atomic E-state index is -0.433. The van der Waals surface area contributed by atoms with Crippen molar-refractivity contribution in [2.75, 3.05) is 13.7 Å². The summed E-state index contributed by atoms with van der Waals surface area (Å²) in [7, 11) is 1.65. The zero-order valence-corrected chi connectivity index (χ0v) is 11.1. The predicted octanol–water partition coefficient (Wildman–Crippen LogP) is 2.65. The van der Waals surface area contributed by atoms with Gasteiger partial charge in [-0.2, -0.15) is 0 Å². The number of aliphatic hydroxyl groups excluding tert-OH is 1. The summed E-state index contributed by atoms with van der Waals surface area (Å²) in [6.45, 7) is 0.636. The van der Waals surface area contributed by atoms with Crippen molar-refractivity contribution in [1.29, 1.82) is 0 Å². The summed E-state index contributed by atoms with van der Waals surface area (Å²) in [4.78, 5) is 0. The molecule has 0 spiro atoms. The smallest absolute Gasteiger partial charge is 0.118 e. The second-order valence-corrected chi connectivity index (χ2v) is 5.03. The molecular weight excluding hydrogens is 226 g/mol. The lowest BCUT2D eigenvalue weighted by Gasteiger charge is -2.24. The number of methoxy groups -OCH3 is 1. The van der Waals surface area contributed by atoms with E-state index in [0.717, 1.165) is 11.3 Å². The third kappa shape index (κ3) is 3.72. The Kier molecular flexibility index (Phi) is 5.02. The van der Waals surface area contributed by atoms with Crippen molar-refractivity contribution in [3.05, 3.63) is 29.8 Å². The Morgan fingerprint density at radius 1 is 1.22 bits per heavy atom. The Hall–Kier alpha value is -1.06. The molecule has 0 saturated heterocycles. The molecule has 1 aromatic rings. The average Bonchev–Trinajstić information content (AvgIpc) is 2.46. The van der Waals surface area contributed by atoms with Crippen LogP contribution in [0.3, 0.4) is 0 Å². The second-order valence-electron chi connectivity index (χ2n) is 5.03. The molecule has 1 atom stereocenters. The quantitative estimate of drug-likeness (QED) is 0.843. The van der Waals surface area contributed by atoms with Gasteiger partial charge in [0.1, 0.15) is 5.75 Å². The summed E-state index contributed by atoms with van der Waals surface area (Å²) in [5, 5.41) is 13.6. The van der Waals surface area contributed by atoms with Crippen LogP contribution < -0.4 is 10.1 Å². The minimum absolute atomic E-state index is 0.433. The van der Waals surface area contributed by atoms with Crippen LogP contribution in [0.1, 0.15) is 43.8 Å². The van der Waals surface area contributed by atoms with Crippen molar-refractivity contribution in [3.63, 3.8) is 0 Å². The van der Waals surface area contributed by atoms with E-state index in [9.17, 15) is 5.11 Å². The molecule has 100 valence electrons. The molecule has 0 radical (unpaired) electrons. The van der Waals surface area contributed by atoms with Gasteiger partial charge in [0, 0.05) is 12.6 Å². The molecular formula is C15H23NO2. The van der Waals surface area contributed by atoms with E-state index in [1.165, 1.54) is 32.1 Å². The Balaban J connectivity index is 1.80. The van der Waals surface area contributed by atoms with Gasteiger partial charge in [0.15, 0.2) is 0 Å². The molecule has 3 heteroatoms. The van der Waals surface area contributed by atoms with Gasteiger partial charge < -0.3 is 15.2 Å². The fraction of sp³-hybridized carbons (Fsp3) is 0.600. The fourth-order valence-electron chi connectivity index (χ4n) is 2.53. The van der Waals surface area contributed by atoms with Crippen molar-refractivity contribution in [3.8, 4) is 5.75 Å². The predicted molar refractivity (Wildman–Crippen MR) is 72.8 cm³/mol. The third-order valence-electron chi connectivity index (χ3n) is 3.71. The largest absolute Gasteiger partial charge is 0.497 e. The lowest BCUT2D eigenvalue weighted by atomic mass is 9.95. The summed E-state index contributed by atoms with van der Waals surface area (Å²) < 4.78 is 5.11. The zero-order chi connectivity index (χ0) is 12.8. The highest BCUT2D eigenvalue weighted by Crippen LogP contribution is 2.20. The first-order valence-corrected chi connectivity index (χ1v) is 6.85. The number of aliphatic hydroxyl groups is 1. The lowest BCUT2D eigenvalue weighted by molar-refractivity contribution is 0.165. The summed E-state index contributed by atoms with van der Waals surface area (Å²) in [6.07, 6.45) is 6.05. The first-order valence-electron chi connectivity index (χ1n) is 6.85. The van der Waals surface area contributed by atoms with Crippen molar-refractivity contribution < 1.29 is 9.84 Å². The Morgan fingerprint density at radius 3 is 2.50 bits per heavy atom. The van der Waals surface area contributed by atoms with Crippen LogP contribution in [-0.4, -0.2) is 24.8 Å². The van der Waals surface area contributed by atoms with Crippen molar-refractivity contribution in [2.45, 2.75) is 44.2 Å². The van der Waals surface area contributed by atoms with Gasteiger partial charge >= 0.3 is 0 Å². The van der Waals surface area contributed by atoms with Gasteiger partial charge in [-0.15, -0.1) is 0 Å². The molecule has 1 unspecified atom stereocenters. The highest BCUT2D eigenvalue weighted by atomic mass is 16.5. The van der Waals surface area contributed by atoms with Crippen molar-refractivity contribution >= 4 is 0 Å².